The van der Waals surface area contributed by atoms with Crippen LogP contribution in [0.4, 0.5) is 17.6 Å². The lowest BCUT2D eigenvalue weighted by Crippen LogP contribution is -2.12. The number of rotatable bonds is 2. The van der Waals surface area contributed by atoms with Crippen molar-refractivity contribution in [2.24, 2.45) is 0 Å². The molecule has 0 aliphatic heterocycles. The number of phenolic OH excluding ortho intramolecular Hbond substituents is 1. The lowest BCUT2D eigenvalue weighted by Gasteiger charge is -2.06. The van der Waals surface area contributed by atoms with Gasteiger partial charge >= 0.3 is 5.51 Å². The molecule has 9 heteroatoms. The largest absolute Gasteiger partial charge is 0.505 e. The van der Waals surface area contributed by atoms with Gasteiger partial charge in [0.1, 0.15) is 0 Å². The van der Waals surface area contributed by atoms with E-state index < -0.39 is 23.0 Å². The summed E-state index contributed by atoms with van der Waals surface area (Å²) in [6.07, 6.45) is 0. The first kappa shape index (κ1) is 16.8. The van der Waals surface area contributed by atoms with E-state index in [1.54, 1.807) is 6.92 Å². The van der Waals surface area contributed by atoms with Gasteiger partial charge < -0.3 is 5.11 Å². The summed E-state index contributed by atoms with van der Waals surface area (Å²) in [6.45, 7) is 1.58. The van der Waals surface area contributed by atoms with Gasteiger partial charge in [0, 0.05) is 16.5 Å². The van der Waals surface area contributed by atoms with Crippen LogP contribution in [0.3, 0.4) is 0 Å². The van der Waals surface area contributed by atoms with Gasteiger partial charge in [0.05, 0.1) is 15.3 Å². The summed E-state index contributed by atoms with van der Waals surface area (Å²) in [7, 11) is 0. The molecule has 1 N–H and O–H groups in total. The number of fused-ring (bicyclic) bond motifs is 1. The third-order valence-corrected chi connectivity index (χ3v) is 5.14. The second-order valence-electron chi connectivity index (χ2n) is 4.96. The summed E-state index contributed by atoms with van der Waals surface area (Å²) in [5.41, 5.74) is -3.69. The zero-order valence-electron chi connectivity index (χ0n) is 12.0. The molecule has 0 radical (unpaired) electrons. The van der Waals surface area contributed by atoms with Crippen LogP contribution in [0.1, 0.15) is 16.1 Å². The molecule has 0 aliphatic carbocycles. The van der Waals surface area contributed by atoms with E-state index in [-0.39, 0.29) is 32.4 Å². The summed E-state index contributed by atoms with van der Waals surface area (Å²) >= 11 is 0.526. The molecule has 126 valence electrons. The van der Waals surface area contributed by atoms with E-state index in [0.29, 0.717) is 5.69 Å². The fourth-order valence-electron chi connectivity index (χ4n) is 2.36. The van der Waals surface area contributed by atoms with Crippen molar-refractivity contribution in [1.82, 2.24) is 4.57 Å². The summed E-state index contributed by atoms with van der Waals surface area (Å²) < 4.78 is 52.3. The number of aryl methyl sites for hydroxylation is 1. The molecule has 0 aliphatic rings. The van der Waals surface area contributed by atoms with Gasteiger partial charge in [-0.3, -0.25) is 9.36 Å². The highest BCUT2D eigenvalue weighted by molar-refractivity contribution is 8.01. The van der Waals surface area contributed by atoms with Crippen LogP contribution in [0.25, 0.3) is 10.9 Å². The summed E-state index contributed by atoms with van der Waals surface area (Å²) in [6, 6.07) is 5.07. The van der Waals surface area contributed by atoms with E-state index >= 15 is 0 Å². The standard InChI is InChI=1S/C15H9F4NO2S2/c1-7-4-9-10(2-3-11(21)13(9)16)20(7)14(22)8-5-12(23-6-8)24-15(17,18)19/h2-6,21H,1H3. The second kappa shape index (κ2) is 5.82. The van der Waals surface area contributed by atoms with Gasteiger partial charge in [-0.15, -0.1) is 11.3 Å². The number of benzene rings is 1. The van der Waals surface area contributed by atoms with E-state index in [0.717, 1.165) is 23.5 Å². The van der Waals surface area contributed by atoms with Crippen molar-refractivity contribution in [3.05, 3.63) is 46.7 Å². The zero-order chi connectivity index (χ0) is 17.6. The predicted octanol–water partition coefficient (Wildman–Crippen LogP) is 5.16. The molecule has 0 amide bonds. The highest BCUT2D eigenvalue weighted by atomic mass is 32.2. The first-order valence-corrected chi connectivity index (χ1v) is 8.25. The quantitative estimate of drug-likeness (QED) is 0.497. The highest BCUT2D eigenvalue weighted by Crippen LogP contribution is 2.40. The molecule has 3 nitrogen and oxygen atoms in total. The van der Waals surface area contributed by atoms with Crippen molar-refractivity contribution in [3.63, 3.8) is 0 Å². The van der Waals surface area contributed by atoms with Gasteiger partial charge in [0.15, 0.2) is 11.6 Å². The SMILES string of the molecule is Cc1cc2c(F)c(O)ccc2n1C(=O)c1csc(SC(F)(F)F)c1. The van der Waals surface area contributed by atoms with Crippen LogP contribution in [0.5, 0.6) is 5.75 Å². The Morgan fingerprint density at radius 2 is 2.00 bits per heavy atom. The Hall–Kier alpha value is -2.00. The van der Waals surface area contributed by atoms with Gasteiger partial charge in [-0.2, -0.15) is 13.2 Å². The van der Waals surface area contributed by atoms with E-state index in [1.807, 2.05) is 0 Å². The zero-order valence-corrected chi connectivity index (χ0v) is 13.7. The number of thiophene rings is 1. The Morgan fingerprint density at radius 3 is 2.67 bits per heavy atom. The van der Waals surface area contributed by atoms with Crippen molar-refractivity contribution >= 4 is 39.9 Å². The van der Waals surface area contributed by atoms with Crippen molar-refractivity contribution in [3.8, 4) is 5.75 Å². The van der Waals surface area contributed by atoms with Gasteiger partial charge in [0.2, 0.25) is 0 Å². The number of thioether (sulfide) groups is 1. The topological polar surface area (TPSA) is 42.2 Å². The Balaban J connectivity index is 2.03. The Labute approximate surface area is 141 Å². The van der Waals surface area contributed by atoms with Gasteiger partial charge in [-0.1, -0.05) is 0 Å². The van der Waals surface area contributed by atoms with Crippen LogP contribution >= 0.6 is 23.1 Å². The summed E-state index contributed by atoms with van der Waals surface area (Å²) in [5, 5.41) is 10.8. The molecule has 0 atom stereocenters. The number of aromatic hydroxyl groups is 1. The molecule has 3 rings (SSSR count). The molecule has 2 heterocycles. The number of phenols is 1. The minimum Gasteiger partial charge on any atom is -0.505 e. The molecule has 3 aromatic rings. The molecule has 0 bridgehead atoms. The lowest BCUT2D eigenvalue weighted by molar-refractivity contribution is -0.0327. The molecule has 24 heavy (non-hydrogen) atoms. The smallest absolute Gasteiger partial charge is 0.447 e. The summed E-state index contributed by atoms with van der Waals surface area (Å²) in [4.78, 5) is 12.6. The van der Waals surface area contributed by atoms with Crippen LogP contribution < -0.4 is 0 Å². The maximum Gasteiger partial charge on any atom is 0.447 e. The van der Waals surface area contributed by atoms with Crippen LogP contribution in [-0.4, -0.2) is 21.1 Å². The number of halogens is 4. The monoisotopic (exact) mass is 375 g/mol. The van der Waals surface area contributed by atoms with Crippen molar-refractivity contribution in [1.29, 1.82) is 0 Å². The first-order valence-electron chi connectivity index (χ1n) is 6.56. The molecule has 0 saturated heterocycles. The molecule has 0 saturated carbocycles. The van der Waals surface area contributed by atoms with Crippen molar-refractivity contribution in [2.45, 2.75) is 16.6 Å². The molecule has 2 aromatic heterocycles. The molecule has 0 fully saturated rings. The van der Waals surface area contributed by atoms with E-state index in [2.05, 4.69) is 0 Å². The third-order valence-electron chi connectivity index (χ3n) is 3.32. The summed E-state index contributed by atoms with van der Waals surface area (Å²) in [5.74, 6) is -1.94. The van der Waals surface area contributed by atoms with Crippen LogP contribution in [0.2, 0.25) is 0 Å². The Bertz CT molecular complexity index is 943. The number of aromatic nitrogens is 1. The average Bonchev–Trinajstić information content (AvgIpc) is 3.05. The Morgan fingerprint density at radius 1 is 1.29 bits per heavy atom. The number of hydrogen-bond acceptors (Lipinski definition) is 4. The number of nitrogens with zero attached hydrogens (tertiary/aromatic N) is 1. The number of hydrogen-bond donors (Lipinski definition) is 1. The fourth-order valence-corrected chi connectivity index (χ4v) is 4.00. The molecule has 0 unspecified atom stereocenters. The van der Waals surface area contributed by atoms with E-state index in [4.69, 9.17) is 0 Å². The number of alkyl halides is 3. The maximum absolute atomic E-state index is 13.9. The van der Waals surface area contributed by atoms with Gasteiger partial charge in [-0.05, 0) is 43.0 Å². The van der Waals surface area contributed by atoms with Crippen LogP contribution in [0.15, 0.2) is 33.9 Å². The molecular formula is C15H9F4NO2S2. The Kier molecular flexibility index (Phi) is 4.08. The average molecular weight is 375 g/mol. The molecule has 1 aromatic carbocycles. The van der Waals surface area contributed by atoms with E-state index in [9.17, 15) is 27.5 Å². The number of carbonyl (C=O) groups is 1. The van der Waals surface area contributed by atoms with Gasteiger partial charge in [-0.25, -0.2) is 4.39 Å². The lowest BCUT2D eigenvalue weighted by atomic mass is 10.2. The first-order chi connectivity index (χ1) is 11.2. The van der Waals surface area contributed by atoms with Gasteiger partial charge in [0.25, 0.3) is 5.91 Å². The molecular weight excluding hydrogens is 366 g/mol. The highest BCUT2D eigenvalue weighted by Gasteiger charge is 2.30. The molecule has 0 spiro atoms. The second-order valence-corrected chi connectivity index (χ2v) is 7.24. The normalized spacial score (nSPS) is 12.0. The van der Waals surface area contributed by atoms with Crippen LogP contribution in [0, 0.1) is 12.7 Å². The maximum atomic E-state index is 13.9. The number of carbonyl (C=O) groups excluding carboxylic acids is 1. The van der Waals surface area contributed by atoms with Crippen molar-refractivity contribution in [2.75, 3.05) is 0 Å². The third kappa shape index (κ3) is 3.01. The predicted molar refractivity (Wildman–Crippen MR) is 84.3 cm³/mol. The van der Waals surface area contributed by atoms with Crippen LogP contribution in [-0.2, 0) is 0 Å². The minimum absolute atomic E-state index is 0.0520. The van der Waals surface area contributed by atoms with E-state index in [1.165, 1.54) is 22.1 Å². The minimum atomic E-state index is -4.43. The fraction of sp³-hybridized carbons (Fsp3) is 0.133. The van der Waals surface area contributed by atoms with Crippen molar-refractivity contribution < 1.29 is 27.5 Å².